The Morgan fingerprint density at radius 1 is 1.10 bits per heavy atom. The molecule has 2 aromatic carbocycles. The molecule has 1 saturated carbocycles. The Morgan fingerprint density at radius 2 is 1.81 bits per heavy atom. The second-order valence-corrected chi connectivity index (χ2v) is 6.48. The topological polar surface area (TPSA) is 29.3 Å². The molecule has 110 valence electrons. The molecule has 2 aromatic rings. The van der Waals surface area contributed by atoms with Crippen molar-refractivity contribution >= 4 is 21.6 Å². The summed E-state index contributed by atoms with van der Waals surface area (Å²) in [7, 11) is 0. The molecule has 2 nitrogen and oxygen atoms in total. The number of hydrogen-bond acceptors (Lipinski definition) is 2. The summed E-state index contributed by atoms with van der Waals surface area (Å²) < 4.78 is 13.9. The second kappa shape index (κ2) is 6.16. The predicted molar refractivity (Wildman–Crippen MR) is 87.2 cm³/mol. The van der Waals surface area contributed by atoms with Gasteiger partial charge in [0.2, 0.25) is 0 Å². The molecule has 0 amide bonds. The Kier molecular flexibility index (Phi) is 4.27. The first-order valence-corrected chi connectivity index (χ1v) is 7.93. The van der Waals surface area contributed by atoms with E-state index >= 15 is 0 Å². The standard InChI is InChI=1S/C17H18BrFN2/c18-16-9-13(4-7-17(16)19)11-21(15-5-6-15)10-12-2-1-3-14(20)8-12/h1-4,7-9,15H,5-6,10-11,20H2. The molecule has 4 heteroatoms. The Hall–Kier alpha value is -1.39. The molecule has 1 aliphatic carbocycles. The molecule has 0 heterocycles. The van der Waals surface area contributed by atoms with Crippen LogP contribution in [-0.2, 0) is 13.1 Å². The highest BCUT2D eigenvalue weighted by Gasteiger charge is 2.29. The molecule has 21 heavy (non-hydrogen) atoms. The molecule has 0 atom stereocenters. The first-order chi connectivity index (χ1) is 10.1. The maximum atomic E-state index is 13.3. The van der Waals surface area contributed by atoms with Crippen molar-refractivity contribution in [3.8, 4) is 0 Å². The predicted octanol–water partition coefficient (Wildman–Crippen LogP) is 4.34. The third-order valence-electron chi connectivity index (χ3n) is 3.77. The smallest absolute Gasteiger partial charge is 0.137 e. The highest BCUT2D eigenvalue weighted by atomic mass is 79.9. The van der Waals surface area contributed by atoms with E-state index in [1.165, 1.54) is 24.5 Å². The largest absolute Gasteiger partial charge is 0.399 e. The first-order valence-electron chi connectivity index (χ1n) is 7.14. The Balaban J connectivity index is 1.74. The van der Waals surface area contributed by atoms with Crippen LogP contribution in [0.3, 0.4) is 0 Å². The molecule has 0 aliphatic heterocycles. The third kappa shape index (κ3) is 3.83. The molecule has 1 fully saturated rings. The molecular formula is C17H18BrFN2. The number of nitrogens with zero attached hydrogens (tertiary/aromatic N) is 1. The summed E-state index contributed by atoms with van der Waals surface area (Å²) in [5.74, 6) is -0.215. The molecule has 0 radical (unpaired) electrons. The van der Waals surface area contributed by atoms with Crippen molar-refractivity contribution in [1.82, 2.24) is 4.90 Å². The molecule has 0 spiro atoms. The summed E-state index contributed by atoms with van der Waals surface area (Å²) in [4.78, 5) is 2.44. The van der Waals surface area contributed by atoms with Crippen LogP contribution in [0, 0.1) is 5.82 Å². The lowest BCUT2D eigenvalue weighted by molar-refractivity contribution is 0.245. The maximum absolute atomic E-state index is 13.3. The van der Waals surface area contributed by atoms with Gasteiger partial charge in [0.15, 0.2) is 0 Å². The van der Waals surface area contributed by atoms with Crippen LogP contribution in [0.15, 0.2) is 46.9 Å². The zero-order valence-electron chi connectivity index (χ0n) is 11.7. The normalized spacial score (nSPS) is 14.6. The van der Waals surface area contributed by atoms with Gasteiger partial charge in [-0.3, -0.25) is 4.90 Å². The van der Waals surface area contributed by atoms with Gasteiger partial charge in [-0.1, -0.05) is 18.2 Å². The van der Waals surface area contributed by atoms with E-state index in [1.807, 2.05) is 30.3 Å². The van der Waals surface area contributed by atoms with Crippen LogP contribution in [0.4, 0.5) is 10.1 Å². The van der Waals surface area contributed by atoms with Gasteiger partial charge in [0, 0.05) is 24.8 Å². The van der Waals surface area contributed by atoms with E-state index in [0.29, 0.717) is 10.5 Å². The van der Waals surface area contributed by atoms with E-state index in [0.717, 1.165) is 24.3 Å². The van der Waals surface area contributed by atoms with Gasteiger partial charge in [0.05, 0.1) is 4.47 Å². The number of anilines is 1. The van der Waals surface area contributed by atoms with Crippen LogP contribution in [-0.4, -0.2) is 10.9 Å². The van der Waals surface area contributed by atoms with Crippen LogP contribution in [0.1, 0.15) is 24.0 Å². The number of hydrogen-bond donors (Lipinski definition) is 1. The minimum absolute atomic E-state index is 0.215. The van der Waals surface area contributed by atoms with Crippen LogP contribution >= 0.6 is 15.9 Å². The van der Waals surface area contributed by atoms with Gasteiger partial charge < -0.3 is 5.73 Å². The average molecular weight is 349 g/mol. The van der Waals surface area contributed by atoms with Crippen molar-refractivity contribution in [2.45, 2.75) is 32.0 Å². The van der Waals surface area contributed by atoms with Gasteiger partial charge in [0.1, 0.15) is 5.82 Å². The minimum Gasteiger partial charge on any atom is -0.399 e. The molecule has 2 N–H and O–H groups in total. The van der Waals surface area contributed by atoms with E-state index in [-0.39, 0.29) is 5.82 Å². The molecule has 1 aliphatic rings. The summed E-state index contributed by atoms with van der Waals surface area (Å²) in [5, 5.41) is 0. The number of nitrogens with two attached hydrogens (primary N) is 1. The fourth-order valence-electron chi connectivity index (χ4n) is 2.55. The molecule has 3 rings (SSSR count). The van der Waals surface area contributed by atoms with Gasteiger partial charge in [0.25, 0.3) is 0 Å². The summed E-state index contributed by atoms with van der Waals surface area (Å²) >= 11 is 3.25. The van der Waals surface area contributed by atoms with Crippen LogP contribution in [0.5, 0.6) is 0 Å². The van der Waals surface area contributed by atoms with Crippen molar-refractivity contribution in [3.05, 3.63) is 63.9 Å². The first kappa shape index (κ1) is 14.5. The van der Waals surface area contributed by atoms with E-state index < -0.39 is 0 Å². The maximum Gasteiger partial charge on any atom is 0.137 e. The van der Waals surface area contributed by atoms with E-state index in [4.69, 9.17) is 5.73 Å². The third-order valence-corrected chi connectivity index (χ3v) is 4.38. The SMILES string of the molecule is Nc1cccc(CN(Cc2ccc(F)c(Br)c2)C2CC2)c1. The summed E-state index contributed by atoms with van der Waals surface area (Å²) in [5.41, 5.74) is 9.00. The van der Waals surface area contributed by atoms with Crippen molar-refractivity contribution in [1.29, 1.82) is 0 Å². The van der Waals surface area contributed by atoms with Gasteiger partial charge in [-0.2, -0.15) is 0 Å². The van der Waals surface area contributed by atoms with Crippen molar-refractivity contribution in [2.75, 3.05) is 5.73 Å². The summed E-state index contributed by atoms with van der Waals surface area (Å²) in [6.07, 6.45) is 2.48. The monoisotopic (exact) mass is 348 g/mol. The second-order valence-electron chi connectivity index (χ2n) is 5.63. The lowest BCUT2D eigenvalue weighted by Gasteiger charge is -2.22. The van der Waals surface area contributed by atoms with Crippen LogP contribution < -0.4 is 5.73 Å². The summed E-state index contributed by atoms with van der Waals surface area (Å²) in [6.45, 7) is 1.71. The highest BCUT2D eigenvalue weighted by Crippen LogP contribution is 2.30. The summed E-state index contributed by atoms with van der Waals surface area (Å²) in [6, 6.07) is 13.9. The van der Waals surface area contributed by atoms with E-state index in [9.17, 15) is 4.39 Å². The zero-order valence-corrected chi connectivity index (χ0v) is 13.3. The van der Waals surface area contributed by atoms with E-state index in [2.05, 4.69) is 26.9 Å². The van der Waals surface area contributed by atoms with Gasteiger partial charge >= 0.3 is 0 Å². The lowest BCUT2D eigenvalue weighted by atomic mass is 10.1. The number of benzene rings is 2. The zero-order chi connectivity index (χ0) is 14.8. The number of halogens is 2. The fourth-order valence-corrected chi connectivity index (χ4v) is 2.98. The molecular weight excluding hydrogens is 331 g/mol. The average Bonchev–Trinajstić information content (AvgIpc) is 3.27. The Bertz CT molecular complexity index is 640. The molecule has 0 aromatic heterocycles. The van der Waals surface area contributed by atoms with Crippen molar-refractivity contribution in [3.63, 3.8) is 0 Å². The minimum atomic E-state index is -0.215. The van der Waals surface area contributed by atoms with Crippen molar-refractivity contribution < 1.29 is 4.39 Å². The van der Waals surface area contributed by atoms with E-state index in [1.54, 1.807) is 0 Å². The highest BCUT2D eigenvalue weighted by molar-refractivity contribution is 9.10. The fraction of sp³-hybridized carbons (Fsp3) is 0.294. The molecule has 0 saturated heterocycles. The van der Waals surface area contributed by atoms with Crippen molar-refractivity contribution in [2.24, 2.45) is 0 Å². The van der Waals surface area contributed by atoms with Gasteiger partial charge in [-0.15, -0.1) is 0 Å². The van der Waals surface area contributed by atoms with Gasteiger partial charge in [-0.05, 0) is 64.2 Å². The van der Waals surface area contributed by atoms with Crippen LogP contribution in [0.2, 0.25) is 0 Å². The van der Waals surface area contributed by atoms with Crippen LogP contribution in [0.25, 0.3) is 0 Å². The number of rotatable bonds is 5. The lowest BCUT2D eigenvalue weighted by Crippen LogP contribution is -2.25. The molecule has 0 bridgehead atoms. The Morgan fingerprint density at radius 3 is 2.43 bits per heavy atom. The molecule has 0 unspecified atom stereocenters. The number of nitrogen functional groups attached to an aromatic ring is 1. The Labute approximate surface area is 132 Å². The quantitative estimate of drug-likeness (QED) is 0.814. The van der Waals surface area contributed by atoms with Gasteiger partial charge in [-0.25, -0.2) is 4.39 Å².